The second-order valence-corrected chi connectivity index (χ2v) is 5.99. The van der Waals surface area contributed by atoms with E-state index in [0.717, 1.165) is 29.8 Å². The van der Waals surface area contributed by atoms with E-state index >= 15 is 0 Å². The summed E-state index contributed by atoms with van der Waals surface area (Å²) in [5.74, 6) is 1.56. The molecule has 5 heteroatoms. The molecule has 0 aliphatic rings. The van der Waals surface area contributed by atoms with Crippen LogP contribution in [0.5, 0.6) is 0 Å². The molecule has 0 aliphatic carbocycles. The van der Waals surface area contributed by atoms with Crippen LogP contribution in [0.15, 0.2) is 34.9 Å². The Morgan fingerprint density at radius 1 is 1.24 bits per heavy atom. The summed E-state index contributed by atoms with van der Waals surface area (Å²) in [7, 11) is 2.04. The van der Waals surface area contributed by atoms with E-state index < -0.39 is 0 Å². The average molecular weight is 349 g/mol. The van der Waals surface area contributed by atoms with Gasteiger partial charge in [0.1, 0.15) is 5.82 Å². The van der Waals surface area contributed by atoms with E-state index in [1.165, 1.54) is 11.1 Å². The Kier molecular flexibility index (Phi) is 5.56. The Labute approximate surface area is 134 Å². The van der Waals surface area contributed by atoms with E-state index in [-0.39, 0.29) is 0 Å². The summed E-state index contributed by atoms with van der Waals surface area (Å²) in [6.07, 6.45) is 2.85. The van der Waals surface area contributed by atoms with Crippen LogP contribution in [0, 0.1) is 6.92 Å². The lowest BCUT2D eigenvalue weighted by molar-refractivity contribution is 0.879. The molecule has 0 amide bonds. The van der Waals surface area contributed by atoms with E-state index in [1.807, 2.05) is 7.05 Å². The van der Waals surface area contributed by atoms with Crippen LogP contribution >= 0.6 is 15.9 Å². The SMILES string of the molecule is CCCNc1ncc(Br)c(N(C)Cc2ccc(C)cc2)n1. The van der Waals surface area contributed by atoms with Crippen LogP contribution < -0.4 is 10.2 Å². The zero-order chi connectivity index (χ0) is 15.2. The van der Waals surface area contributed by atoms with Gasteiger partial charge in [-0.25, -0.2) is 4.98 Å². The minimum atomic E-state index is 0.672. The minimum absolute atomic E-state index is 0.672. The molecule has 1 heterocycles. The summed E-state index contributed by atoms with van der Waals surface area (Å²) in [6, 6.07) is 8.56. The van der Waals surface area contributed by atoms with Gasteiger partial charge in [0.15, 0.2) is 0 Å². The molecule has 0 radical (unpaired) electrons. The Bertz CT molecular complexity index is 583. The third-order valence-corrected chi connectivity index (χ3v) is 3.72. The van der Waals surface area contributed by atoms with Gasteiger partial charge < -0.3 is 10.2 Å². The summed E-state index contributed by atoms with van der Waals surface area (Å²) in [6.45, 7) is 5.91. The van der Waals surface area contributed by atoms with Gasteiger partial charge in [-0.2, -0.15) is 4.98 Å². The fraction of sp³-hybridized carbons (Fsp3) is 0.375. The molecule has 0 saturated carbocycles. The van der Waals surface area contributed by atoms with Crippen molar-refractivity contribution in [1.82, 2.24) is 9.97 Å². The number of rotatable bonds is 6. The van der Waals surface area contributed by atoms with Crippen LogP contribution in [0.2, 0.25) is 0 Å². The van der Waals surface area contributed by atoms with Crippen LogP contribution in [-0.2, 0) is 6.54 Å². The highest BCUT2D eigenvalue weighted by molar-refractivity contribution is 9.10. The molecule has 1 N–H and O–H groups in total. The second-order valence-electron chi connectivity index (χ2n) is 5.13. The molecule has 0 atom stereocenters. The number of benzene rings is 1. The smallest absolute Gasteiger partial charge is 0.224 e. The molecule has 0 fully saturated rings. The first-order chi connectivity index (χ1) is 10.1. The number of aromatic nitrogens is 2. The zero-order valence-corrected chi connectivity index (χ0v) is 14.3. The monoisotopic (exact) mass is 348 g/mol. The highest BCUT2D eigenvalue weighted by atomic mass is 79.9. The number of nitrogens with zero attached hydrogens (tertiary/aromatic N) is 3. The number of nitrogens with one attached hydrogen (secondary N) is 1. The lowest BCUT2D eigenvalue weighted by Crippen LogP contribution is -2.19. The van der Waals surface area contributed by atoms with E-state index in [4.69, 9.17) is 0 Å². The maximum Gasteiger partial charge on any atom is 0.224 e. The van der Waals surface area contributed by atoms with Crippen molar-refractivity contribution in [3.05, 3.63) is 46.1 Å². The quantitative estimate of drug-likeness (QED) is 0.856. The lowest BCUT2D eigenvalue weighted by atomic mass is 10.1. The normalized spacial score (nSPS) is 10.5. The third kappa shape index (κ3) is 4.43. The number of hydrogen-bond donors (Lipinski definition) is 1. The van der Waals surface area contributed by atoms with Crippen molar-refractivity contribution in [3.63, 3.8) is 0 Å². The van der Waals surface area contributed by atoms with Gasteiger partial charge in [-0.15, -0.1) is 0 Å². The van der Waals surface area contributed by atoms with Crippen molar-refractivity contribution in [3.8, 4) is 0 Å². The molecule has 0 bridgehead atoms. The Balaban J connectivity index is 2.13. The largest absolute Gasteiger partial charge is 0.354 e. The van der Waals surface area contributed by atoms with Crippen LogP contribution in [0.25, 0.3) is 0 Å². The predicted octanol–water partition coefficient (Wildman–Crippen LogP) is 4.01. The predicted molar refractivity (Wildman–Crippen MR) is 91.8 cm³/mol. The van der Waals surface area contributed by atoms with E-state index in [2.05, 4.69) is 74.2 Å². The maximum atomic E-state index is 4.58. The van der Waals surface area contributed by atoms with Gasteiger partial charge in [0.25, 0.3) is 0 Å². The molecule has 2 aromatic rings. The summed E-state index contributed by atoms with van der Waals surface area (Å²) in [5, 5.41) is 3.22. The van der Waals surface area contributed by atoms with Crippen LogP contribution in [0.1, 0.15) is 24.5 Å². The van der Waals surface area contributed by atoms with Crippen LogP contribution in [0.4, 0.5) is 11.8 Å². The number of hydrogen-bond acceptors (Lipinski definition) is 4. The van der Waals surface area contributed by atoms with Gasteiger partial charge in [0.05, 0.1) is 4.47 Å². The highest BCUT2D eigenvalue weighted by Gasteiger charge is 2.10. The van der Waals surface area contributed by atoms with Crippen molar-refractivity contribution >= 4 is 27.7 Å². The molecule has 4 nitrogen and oxygen atoms in total. The topological polar surface area (TPSA) is 41.1 Å². The summed E-state index contributed by atoms with van der Waals surface area (Å²) in [5.41, 5.74) is 2.53. The van der Waals surface area contributed by atoms with Gasteiger partial charge in [0, 0.05) is 26.3 Å². The molecule has 0 aliphatic heterocycles. The van der Waals surface area contributed by atoms with Gasteiger partial charge in [0.2, 0.25) is 5.95 Å². The molecule has 112 valence electrons. The zero-order valence-electron chi connectivity index (χ0n) is 12.7. The lowest BCUT2D eigenvalue weighted by Gasteiger charge is -2.20. The molecule has 1 aromatic heterocycles. The first kappa shape index (κ1) is 15.8. The fourth-order valence-corrected chi connectivity index (χ4v) is 2.48. The van der Waals surface area contributed by atoms with E-state index in [1.54, 1.807) is 6.20 Å². The fourth-order valence-electron chi connectivity index (χ4n) is 1.99. The Hall–Kier alpha value is -1.62. The first-order valence-electron chi connectivity index (χ1n) is 7.13. The highest BCUT2D eigenvalue weighted by Crippen LogP contribution is 2.24. The first-order valence-corrected chi connectivity index (χ1v) is 7.92. The summed E-state index contributed by atoms with van der Waals surface area (Å²) in [4.78, 5) is 11.0. The van der Waals surface area contributed by atoms with Gasteiger partial charge in [-0.05, 0) is 34.8 Å². The molecular weight excluding hydrogens is 328 g/mol. The van der Waals surface area contributed by atoms with Gasteiger partial charge in [-0.3, -0.25) is 0 Å². The summed E-state index contributed by atoms with van der Waals surface area (Å²) >= 11 is 3.53. The average Bonchev–Trinajstić information content (AvgIpc) is 2.48. The number of aryl methyl sites for hydroxylation is 1. The van der Waals surface area contributed by atoms with Crippen molar-refractivity contribution in [2.24, 2.45) is 0 Å². The molecule has 2 rings (SSSR count). The third-order valence-electron chi connectivity index (χ3n) is 3.16. The number of anilines is 2. The molecule has 0 unspecified atom stereocenters. The number of halogens is 1. The Morgan fingerprint density at radius 3 is 2.62 bits per heavy atom. The minimum Gasteiger partial charge on any atom is -0.354 e. The van der Waals surface area contributed by atoms with Crippen molar-refractivity contribution in [1.29, 1.82) is 0 Å². The van der Waals surface area contributed by atoms with Crippen molar-refractivity contribution in [2.75, 3.05) is 23.8 Å². The van der Waals surface area contributed by atoms with Gasteiger partial charge in [-0.1, -0.05) is 36.8 Å². The van der Waals surface area contributed by atoms with E-state index in [0.29, 0.717) is 5.95 Å². The Morgan fingerprint density at radius 2 is 1.95 bits per heavy atom. The van der Waals surface area contributed by atoms with Gasteiger partial charge >= 0.3 is 0 Å². The summed E-state index contributed by atoms with van der Waals surface area (Å²) < 4.78 is 0.902. The molecule has 21 heavy (non-hydrogen) atoms. The molecular formula is C16H21BrN4. The molecule has 0 spiro atoms. The van der Waals surface area contributed by atoms with E-state index in [9.17, 15) is 0 Å². The van der Waals surface area contributed by atoms with Crippen molar-refractivity contribution in [2.45, 2.75) is 26.8 Å². The molecule has 1 aromatic carbocycles. The van der Waals surface area contributed by atoms with Crippen LogP contribution in [0.3, 0.4) is 0 Å². The van der Waals surface area contributed by atoms with Crippen LogP contribution in [-0.4, -0.2) is 23.6 Å². The molecule has 0 saturated heterocycles. The second kappa shape index (κ2) is 7.41. The maximum absolute atomic E-state index is 4.58. The van der Waals surface area contributed by atoms with Crippen molar-refractivity contribution < 1.29 is 0 Å². The standard InChI is InChI=1S/C16H21BrN4/c1-4-9-18-16-19-10-14(17)15(20-16)21(3)11-13-7-5-12(2)6-8-13/h5-8,10H,4,9,11H2,1-3H3,(H,18,19,20).